The van der Waals surface area contributed by atoms with E-state index in [-0.39, 0.29) is 46.5 Å². The lowest BCUT2D eigenvalue weighted by molar-refractivity contribution is -0.126. The van der Waals surface area contributed by atoms with E-state index in [0.29, 0.717) is 42.9 Å². The summed E-state index contributed by atoms with van der Waals surface area (Å²) in [6, 6.07) is 4.53. The van der Waals surface area contributed by atoms with Crippen LogP contribution in [-0.2, 0) is 4.79 Å². The Labute approximate surface area is 229 Å². The molecule has 1 unspecified atom stereocenters. The standard InChI is InChI=1S/C28H28ClF2N5O3/c1-3-23(37)34-9-10-35(16(2)13-34)27-20-12-21(29)24(19-6-5-17(30)11-22(19)31)26-25(20)36(28(38)32-27)18(15-39-26)14-33-7-4-8-33/h3,5-6,11-12,16,18H,1,4,7-10,13-15H2,2H3/t16-,18?/m0/s1. The van der Waals surface area contributed by atoms with Crippen molar-refractivity contribution in [2.75, 3.05) is 50.8 Å². The van der Waals surface area contributed by atoms with Crippen LogP contribution in [0.15, 0.2) is 41.7 Å². The second-order valence-electron chi connectivity index (χ2n) is 10.3. The summed E-state index contributed by atoms with van der Waals surface area (Å²) in [5.74, 6) is -0.922. The Morgan fingerprint density at radius 2 is 2.03 bits per heavy atom. The molecule has 2 saturated heterocycles. The molecule has 0 radical (unpaired) electrons. The fourth-order valence-electron chi connectivity index (χ4n) is 5.82. The van der Waals surface area contributed by atoms with Gasteiger partial charge in [0.05, 0.1) is 16.6 Å². The van der Waals surface area contributed by atoms with Crippen LogP contribution in [0.4, 0.5) is 14.6 Å². The van der Waals surface area contributed by atoms with Gasteiger partial charge >= 0.3 is 5.69 Å². The van der Waals surface area contributed by atoms with Gasteiger partial charge in [0, 0.05) is 54.8 Å². The van der Waals surface area contributed by atoms with E-state index in [1.165, 1.54) is 12.1 Å². The molecule has 3 aliphatic heterocycles. The van der Waals surface area contributed by atoms with Gasteiger partial charge in [0.1, 0.15) is 24.1 Å². The minimum absolute atomic E-state index is 0.0850. The first kappa shape index (κ1) is 25.8. The highest BCUT2D eigenvalue weighted by Gasteiger charge is 2.35. The van der Waals surface area contributed by atoms with Gasteiger partial charge in [-0.2, -0.15) is 4.98 Å². The molecule has 6 rings (SSSR count). The Morgan fingerprint density at radius 3 is 2.69 bits per heavy atom. The molecule has 0 bridgehead atoms. The third kappa shape index (κ3) is 4.35. The van der Waals surface area contributed by atoms with Crippen molar-refractivity contribution in [3.05, 3.63) is 64.1 Å². The normalized spacial score (nSPS) is 21.0. The summed E-state index contributed by atoms with van der Waals surface area (Å²) in [6.45, 7) is 9.57. The highest BCUT2D eigenvalue weighted by molar-refractivity contribution is 6.35. The van der Waals surface area contributed by atoms with Crippen LogP contribution in [0.2, 0.25) is 5.02 Å². The van der Waals surface area contributed by atoms with Gasteiger partial charge in [-0.1, -0.05) is 18.2 Å². The molecular formula is C28H28ClF2N5O3. The fraction of sp³-hybridized carbons (Fsp3) is 0.393. The van der Waals surface area contributed by atoms with Gasteiger partial charge in [-0.05, 0) is 50.7 Å². The van der Waals surface area contributed by atoms with Crippen molar-refractivity contribution in [3.63, 3.8) is 0 Å². The number of benzene rings is 2. The van der Waals surface area contributed by atoms with Crippen molar-refractivity contribution >= 4 is 34.2 Å². The van der Waals surface area contributed by atoms with Crippen molar-refractivity contribution in [1.29, 1.82) is 0 Å². The number of halogens is 3. The van der Waals surface area contributed by atoms with Gasteiger partial charge < -0.3 is 19.4 Å². The third-order valence-electron chi connectivity index (χ3n) is 7.89. The average molecular weight is 556 g/mol. The van der Waals surface area contributed by atoms with Gasteiger partial charge in [0.25, 0.3) is 0 Å². The first-order chi connectivity index (χ1) is 18.8. The Hall–Kier alpha value is -3.50. The molecule has 2 atom stereocenters. The molecule has 204 valence electrons. The van der Waals surface area contributed by atoms with Crippen LogP contribution in [-0.4, -0.2) is 77.2 Å². The molecule has 0 aliphatic carbocycles. The average Bonchev–Trinajstić information content (AvgIpc) is 2.88. The third-order valence-corrected chi connectivity index (χ3v) is 8.18. The minimum Gasteiger partial charge on any atom is -0.488 e. The summed E-state index contributed by atoms with van der Waals surface area (Å²) in [4.78, 5) is 36.4. The summed E-state index contributed by atoms with van der Waals surface area (Å²) in [6.07, 6.45) is 2.40. The van der Waals surface area contributed by atoms with Gasteiger partial charge in [0.2, 0.25) is 5.91 Å². The lowest BCUT2D eigenvalue weighted by Gasteiger charge is -2.41. The van der Waals surface area contributed by atoms with E-state index in [1.54, 1.807) is 15.5 Å². The van der Waals surface area contributed by atoms with E-state index in [4.69, 9.17) is 16.3 Å². The van der Waals surface area contributed by atoms with Crippen LogP contribution in [0.25, 0.3) is 22.0 Å². The molecular weight excluding hydrogens is 528 g/mol. The van der Waals surface area contributed by atoms with E-state index in [1.807, 2.05) is 11.8 Å². The van der Waals surface area contributed by atoms with Crippen LogP contribution in [0.1, 0.15) is 19.4 Å². The number of carbonyl (C=O) groups is 1. The summed E-state index contributed by atoms with van der Waals surface area (Å²) in [7, 11) is 0. The Morgan fingerprint density at radius 1 is 1.23 bits per heavy atom. The Kier molecular flexibility index (Phi) is 6.55. The number of nitrogens with zero attached hydrogens (tertiary/aromatic N) is 5. The van der Waals surface area contributed by atoms with Crippen LogP contribution in [0.3, 0.4) is 0 Å². The monoisotopic (exact) mass is 555 g/mol. The van der Waals surface area contributed by atoms with Gasteiger partial charge in [-0.3, -0.25) is 9.36 Å². The lowest BCUT2D eigenvalue weighted by Crippen LogP contribution is -2.54. The zero-order valence-corrected chi connectivity index (χ0v) is 22.3. The molecule has 3 aromatic rings. The summed E-state index contributed by atoms with van der Waals surface area (Å²) >= 11 is 6.79. The van der Waals surface area contributed by atoms with E-state index >= 15 is 0 Å². The zero-order valence-electron chi connectivity index (χ0n) is 21.5. The number of amides is 1. The molecule has 8 nitrogen and oxygen atoms in total. The first-order valence-corrected chi connectivity index (χ1v) is 13.4. The Balaban J connectivity index is 1.55. The van der Waals surface area contributed by atoms with Crippen LogP contribution in [0, 0.1) is 11.6 Å². The molecule has 39 heavy (non-hydrogen) atoms. The number of hydrogen-bond acceptors (Lipinski definition) is 6. The van der Waals surface area contributed by atoms with Crippen molar-refractivity contribution in [1.82, 2.24) is 19.4 Å². The van der Waals surface area contributed by atoms with Crippen molar-refractivity contribution in [3.8, 4) is 16.9 Å². The molecule has 0 N–H and O–H groups in total. The van der Waals surface area contributed by atoms with Gasteiger partial charge in [-0.15, -0.1) is 0 Å². The van der Waals surface area contributed by atoms with Gasteiger partial charge in [0.15, 0.2) is 5.75 Å². The quantitative estimate of drug-likeness (QED) is 0.445. The molecule has 2 fully saturated rings. The number of ether oxygens (including phenoxy) is 1. The fourth-order valence-corrected chi connectivity index (χ4v) is 6.12. The predicted octanol–water partition coefficient (Wildman–Crippen LogP) is 3.86. The largest absolute Gasteiger partial charge is 0.488 e. The number of aromatic nitrogens is 2. The van der Waals surface area contributed by atoms with Gasteiger partial charge in [-0.25, -0.2) is 13.6 Å². The van der Waals surface area contributed by atoms with E-state index < -0.39 is 17.3 Å². The molecule has 0 saturated carbocycles. The summed E-state index contributed by atoms with van der Waals surface area (Å²) in [5, 5.41) is 0.801. The number of likely N-dealkylation sites (tertiary alicyclic amines) is 1. The molecule has 2 aromatic carbocycles. The Bertz CT molecular complexity index is 1560. The lowest BCUT2D eigenvalue weighted by atomic mass is 9.99. The van der Waals surface area contributed by atoms with Crippen molar-refractivity contribution in [2.24, 2.45) is 0 Å². The summed E-state index contributed by atoms with van der Waals surface area (Å²) < 4.78 is 36.6. The second kappa shape index (κ2) is 9.91. The predicted molar refractivity (Wildman–Crippen MR) is 146 cm³/mol. The maximum atomic E-state index is 15.0. The van der Waals surface area contributed by atoms with E-state index in [9.17, 15) is 18.4 Å². The van der Waals surface area contributed by atoms with E-state index in [2.05, 4.69) is 16.5 Å². The topological polar surface area (TPSA) is 70.9 Å². The number of hydrogen-bond donors (Lipinski definition) is 0. The van der Waals surface area contributed by atoms with E-state index in [0.717, 1.165) is 31.6 Å². The van der Waals surface area contributed by atoms with Crippen molar-refractivity contribution < 1.29 is 18.3 Å². The number of piperazine rings is 1. The molecule has 0 spiro atoms. The molecule has 1 aromatic heterocycles. The van der Waals surface area contributed by atoms with Crippen LogP contribution < -0.4 is 15.3 Å². The molecule has 1 amide bonds. The second-order valence-corrected chi connectivity index (χ2v) is 10.7. The van der Waals surface area contributed by atoms with Crippen LogP contribution >= 0.6 is 11.6 Å². The molecule has 4 heterocycles. The SMILES string of the molecule is C=CC(=O)N1CCN(c2nc(=O)n3c4c(c(-c5ccc(F)cc5F)c(Cl)cc24)OCC3CN2CCC2)[C@@H](C)C1. The smallest absolute Gasteiger partial charge is 0.350 e. The number of anilines is 1. The highest BCUT2D eigenvalue weighted by atomic mass is 35.5. The minimum atomic E-state index is -0.779. The zero-order chi connectivity index (χ0) is 27.4. The first-order valence-electron chi connectivity index (χ1n) is 13.0. The van der Waals surface area contributed by atoms with Crippen LogP contribution in [0.5, 0.6) is 5.75 Å². The van der Waals surface area contributed by atoms with Crippen molar-refractivity contribution in [2.45, 2.75) is 25.4 Å². The molecule has 11 heteroatoms. The summed E-state index contributed by atoms with van der Waals surface area (Å²) in [5.41, 5.74) is 0.407. The maximum Gasteiger partial charge on any atom is 0.350 e. The number of rotatable bonds is 5. The number of carbonyl (C=O) groups excluding carboxylic acids is 1. The molecule has 3 aliphatic rings. The highest BCUT2D eigenvalue weighted by Crippen LogP contribution is 2.47. The maximum absolute atomic E-state index is 15.0.